The number of aromatic amines is 1. The lowest BCUT2D eigenvalue weighted by atomic mass is 9.80. The van der Waals surface area contributed by atoms with Crippen LogP contribution in [0.5, 0.6) is 0 Å². The van der Waals surface area contributed by atoms with E-state index in [1.165, 1.54) is 16.6 Å². The average Bonchev–Trinajstić information content (AvgIpc) is 3.65. The number of carbonyl (C=O) groups is 3. The Kier molecular flexibility index (Phi) is 12.2. The van der Waals surface area contributed by atoms with E-state index in [0.717, 1.165) is 51.4 Å². The van der Waals surface area contributed by atoms with Crippen molar-refractivity contribution in [3.05, 3.63) is 81.8 Å². The van der Waals surface area contributed by atoms with Crippen molar-refractivity contribution in [2.45, 2.75) is 84.7 Å². The molecular formula is C37H43ClN6O6S. The number of carbonyl (C=O) groups excluding carboxylic acids is 3. The minimum Gasteiger partial charge on any atom is -0.459 e. The molecule has 1 aliphatic carbocycles. The van der Waals surface area contributed by atoms with Crippen LogP contribution in [-0.4, -0.2) is 52.7 Å². The van der Waals surface area contributed by atoms with Gasteiger partial charge in [0.2, 0.25) is 15.7 Å². The second-order valence-electron chi connectivity index (χ2n) is 13.2. The standard InChI is InChI=1S/C37H43ClN6O6S/c1-5-6-7-8-9-14-22-51(48,49)43-36(46)26-19-11-10-18-25(26)35(45)40-28-21-13-12-20-27(28)33-41-34-29(30(39-4)32(38)44(34)42-33)37(47)50-31-23(2)16-15-17-24(31)3/h10-13,18-21,23-24,31H,5-9,14-17,22H2,1-3H3,(H,40,45)(H,41,42)(H,43,46). The van der Waals surface area contributed by atoms with Crippen LogP contribution in [0, 0.1) is 18.4 Å². The van der Waals surface area contributed by atoms with Crippen LogP contribution in [0.4, 0.5) is 11.4 Å². The molecule has 0 bridgehead atoms. The summed E-state index contributed by atoms with van der Waals surface area (Å²) in [6.07, 6.45) is 7.96. The molecule has 0 spiro atoms. The smallest absolute Gasteiger partial charge is 0.331 e. The Morgan fingerprint density at radius 3 is 2.29 bits per heavy atom. The number of anilines is 1. The van der Waals surface area contributed by atoms with Gasteiger partial charge < -0.3 is 10.1 Å². The first-order valence-corrected chi connectivity index (χ1v) is 19.4. The van der Waals surface area contributed by atoms with Crippen molar-refractivity contribution in [3.8, 4) is 11.4 Å². The number of nitrogens with one attached hydrogen (secondary N) is 3. The number of unbranched alkanes of at least 4 members (excludes halogenated alkanes) is 5. The van der Waals surface area contributed by atoms with Gasteiger partial charge in [-0.2, -0.15) is 0 Å². The minimum atomic E-state index is -3.91. The highest BCUT2D eigenvalue weighted by atomic mass is 35.5. The summed E-state index contributed by atoms with van der Waals surface area (Å²) in [7, 11) is -3.91. The highest BCUT2D eigenvalue weighted by Gasteiger charge is 2.35. The normalized spacial score (nSPS) is 17.5. The molecule has 14 heteroatoms. The van der Waals surface area contributed by atoms with Gasteiger partial charge >= 0.3 is 5.97 Å². The highest BCUT2D eigenvalue weighted by Crippen LogP contribution is 2.39. The Labute approximate surface area is 303 Å². The molecule has 1 aliphatic rings. The number of rotatable bonds is 14. The Hall–Kier alpha value is -4.67. The van der Waals surface area contributed by atoms with E-state index in [-0.39, 0.29) is 62.7 Å². The summed E-state index contributed by atoms with van der Waals surface area (Å²) in [5.74, 6) is -1.86. The van der Waals surface area contributed by atoms with E-state index in [0.29, 0.717) is 17.7 Å². The Bertz CT molecular complexity index is 2060. The van der Waals surface area contributed by atoms with Crippen molar-refractivity contribution in [1.29, 1.82) is 0 Å². The van der Waals surface area contributed by atoms with E-state index in [1.807, 2.05) is 13.8 Å². The van der Waals surface area contributed by atoms with Gasteiger partial charge in [-0.3, -0.25) is 14.7 Å². The van der Waals surface area contributed by atoms with E-state index in [2.05, 4.69) is 31.9 Å². The predicted octanol–water partition coefficient (Wildman–Crippen LogP) is 8.19. The second kappa shape index (κ2) is 16.6. The van der Waals surface area contributed by atoms with Crippen LogP contribution >= 0.6 is 11.6 Å². The number of sulfonamides is 1. The Morgan fingerprint density at radius 1 is 0.980 bits per heavy atom. The summed E-state index contributed by atoms with van der Waals surface area (Å²) >= 11 is 6.58. The van der Waals surface area contributed by atoms with E-state index < -0.39 is 27.8 Å². The maximum Gasteiger partial charge on any atom is 0.331 e. The maximum atomic E-state index is 13.6. The molecule has 5 rings (SSSR count). The molecule has 4 aromatic rings. The van der Waals surface area contributed by atoms with Gasteiger partial charge in [0, 0.05) is 5.56 Å². The number of fused-ring (bicyclic) bond motifs is 1. The van der Waals surface area contributed by atoms with Crippen LogP contribution in [0.15, 0.2) is 48.5 Å². The number of hydrogen-bond acceptors (Lipinski definition) is 7. The monoisotopic (exact) mass is 734 g/mol. The van der Waals surface area contributed by atoms with E-state index in [1.54, 1.807) is 36.4 Å². The fraction of sp³-hybridized carbons (Fsp3) is 0.432. The number of halogens is 1. The van der Waals surface area contributed by atoms with Crippen molar-refractivity contribution in [2.24, 2.45) is 11.8 Å². The lowest BCUT2D eigenvalue weighted by Crippen LogP contribution is -2.34. The maximum absolute atomic E-state index is 13.6. The summed E-state index contributed by atoms with van der Waals surface area (Å²) in [6.45, 7) is 13.9. The second-order valence-corrected chi connectivity index (χ2v) is 15.4. The van der Waals surface area contributed by atoms with Gasteiger partial charge in [0.1, 0.15) is 16.8 Å². The molecule has 270 valence electrons. The Balaban J connectivity index is 1.37. The largest absolute Gasteiger partial charge is 0.459 e. The zero-order chi connectivity index (χ0) is 36.7. The lowest BCUT2D eigenvalue weighted by molar-refractivity contribution is -0.0159. The van der Waals surface area contributed by atoms with Crippen LogP contribution in [0.25, 0.3) is 21.9 Å². The fourth-order valence-corrected chi connectivity index (χ4v) is 7.97. The van der Waals surface area contributed by atoms with E-state index in [9.17, 15) is 22.8 Å². The third kappa shape index (κ3) is 8.63. The summed E-state index contributed by atoms with van der Waals surface area (Å²) in [4.78, 5) is 48.5. The molecule has 2 amide bonds. The highest BCUT2D eigenvalue weighted by molar-refractivity contribution is 7.90. The first kappa shape index (κ1) is 37.6. The third-order valence-corrected chi connectivity index (χ3v) is 11.0. The molecule has 0 radical (unpaired) electrons. The molecule has 12 nitrogen and oxygen atoms in total. The van der Waals surface area contributed by atoms with Crippen molar-refractivity contribution in [2.75, 3.05) is 11.1 Å². The number of esters is 1. The van der Waals surface area contributed by atoms with Crippen LogP contribution in [0.3, 0.4) is 0 Å². The molecular weight excluding hydrogens is 692 g/mol. The van der Waals surface area contributed by atoms with E-state index >= 15 is 0 Å². The number of aromatic nitrogens is 3. The number of hydrogen-bond donors (Lipinski definition) is 3. The van der Waals surface area contributed by atoms with Gasteiger partial charge in [0.15, 0.2) is 11.5 Å². The van der Waals surface area contributed by atoms with Crippen molar-refractivity contribution < 1.29 is 27.5 Å². The van der Waals surface area contributed by atoms with Gasteiger partial charge in [0.25, 0.3) is 11.8 Å². The van der Waals surface area contributed by atoms with Crippen molar-refractivity contribution >= 4 is 56.4 Å². The van der Waals surface area contributed by atoms with Gasteiger partial charge in [-0.1, -0.05) is 95.2 Å². The van der Waals surface area contributed by atoms with Gasteiger partial charge in [-0.15, -0.1) is 0 Å². The molecule has 2 unspecified atom stereocenters. The number of nitrogens with zero attached hydrogens (tertiary/aromatic N) is 3. The molecule has 51 heavy (non-hydrogen) atoms. The zero-order valence-corrected chi connectivity index (χ0v) is 30.6. The van der Waals surface area contributed by atoms with Crippen molar-refractivity contribution in [1.82, 2.24) is 19.3 Å². The average molecular weight is 735 g/mol. The summed E-state index contributed by atoms with van der Waals surface area (Å²) in [5, 5.41) is 5.80. The van der Waals surface area contributed by atoms with E-state index in [4.69, 9.17) is 22.9 Å². The summed E-state index contributed by atoms with van der Waals surface area (Å²) < 4.78 is 34.8. The quantitative estimate of drug-likeness (QED) is 0.0670. The van der Waals surface area contributed by atoms with Crippen LogP contribution in [0.2, 0.25) is 5.15 Å². The summed E-state index contributed by atoms with van der Waals surface area (Å²) in [6, 6.07) is 12.7. The SMILES string of the molecule is [C-]#[N+]c1c(C(=O)OC2C(C)CCCC2C)c2nc(-c3ccccc3NC(=O)c3ccccc3C(=O)NS(=O)(=O)CCCCCCCC)[nH]n2c1Cl. The van der Waals surface area contributed by atoms with Gasteiger partial charge in [0.05, 0.1) is 29.1 Å². The lowest BCUT2D eigenvalue weighted by Gasteiger charge is -2.33. The van der Waals surface area contributed by atoms with Crippen LogP contribution in [0.1, 0.15) is 110 Å². The number of ether oxygens (including phenoxy) is 1. The predicted molar refractivity (Wildman–Crippen MR) is 197 cm³/mol. The number of amides is 2. The summed E-state index contributed by atoms with van der Waals surface area (Å²) in [5.41, 5.74) is 0.576. The number of H-pyrrole nitrogens is 1. The van der Waals surface area contributed by atoms with Crippen LogP contribution < -0.4 is 10.0 Å². The third-order valence-electron chi connectivity index (χ3n) is 9.36. The van der Waals surface area contributed by atoms with Crippen LogP contribution in [-0.2, 0) is 14.8 Å². The molecule has 1 fully saturated rings. The first-order chi connectivity index (χ1) is 24.5. The minimum absolute atomic E-state index is 0.0342. The first-order valence-electron chi connectivity index (χ1n) is 17.4. The number of para-hydroxylation sites is 1. The molecule has 0 aliphatic heterocycles. The molecule has 2 atom stereocenters. The molecule has 2 heterocycles. The molecule has 2 aromatic heterocycles. The molecule has 2 aromatic carbocycles. The van der Waals surface area contributed by atoms with Crippen molar-refractivity contribution in [3.63, 3.8) is 0 Å². The van der Waals surface area contributed by atoms with Gasteiger partial charge in [-0.25, -0.2) is 32.3 Å². The number of benzene rings is 2. The zero-order valence-electron chi connectivity index (χ0n) is 29.0. The fourth-order valence-electron chi connectivity index (χ4n) is 6.63. The molecule has 3 N–H and O–H groups in total. The molecule has 1 saturated carbocycles. The molecule has 0 saturated heterocycles. The van der Waals surface area contributed by atoms with Gasteiger partial charge in [-0.05, 0) is 55.4 Å². The Morgan fingerprint density at radius 2 is 1.61 bits per heavy atom. The topological polar surface area (TPSA) is 156 Å².